The third-order valence-electron chi connectivity index (χ3n) is 5.79. The standard InChI is InChI=1S/C28H25N3O3/c29-17-20-6-8-22(9-7-20)19-33-26-14-23(28(32)31-24-4-2-1-3-5-24)15-27(16-26)34-25-12-10-21(18-30)11-13-25/h6-16,24H,1-5,19H2,(H,31,32). The zero-order chi connectivity index (χ0) is 23.8. The topological polar surface area (TPSA) is 95.1 Å². The lowest BCUT2D eigenvalue weighted by Gasteiger charge is -2.23. The maximum atomic E-state index is 13.0. The summed E-state index contributed by atoms with van der Waals surface area (Å²) >= 11 is 0. The van der Waals surface area contributed by atoms with Gasteiger partial charge in [-0.1, -0.05) is 31.4 Å². The summed E-state index contributed by atoms with van der Waals surface area (Å²) in [4.78, 5) is 13.0. The van der Waals surface area contributed by atoms with E-state index < -0.39 is 0 Å². The number of carbonyl (C=O) groups is 1. The minimum Gasteiger partial charge on any atom is -0.489 e. The van der Waals surface area contributed by atoms with E-state index in [4.69, 9.17) is 20.0 Å². The minimum atomic E-state index is -0.152. The van der Waals surface area contributed by atoms with E-state index in [0.29, 0.717) is 33.9 Å². The Morgan fingerprint density at radius 2 is 1.44 bits per heavy atom. The average molecular weight is 452 g/mol. The Labute approximate surface area is 199 Å². The third-order valence-corrected chi connectivity index (χ3v) is 5.79. The average Bonchev–Trinajstić information content (AvgIpc) is 2.88. The second-order valence-corrected chi connectivity index (χ2v) is 8.34. The van der Waals surface area contributed by atoms with Crippen molar-refractivity contribution < 1.29 is 14.3 Å². The Balaban J connectivity index is 1.54. The molecule has 170 valence electrons. The van der Waals surface area contributed by atoms with Gasteiger partial charge in [0.25, 0.3) is 5.91 Å². The zero-order valence-corrected chi connectivity index (χ0v) is 18.8. The Morgan fingerprint density at radius 3 is 2.09 bits per heavy atom. The lowest BCUT2D eigenvalue weighted by molar-refractivity contribution is 0.0927. The second-order valence-electron chi connectivity index (χ2n) is 8.34. The Morgan fingerprint density at radius 1 is 0.824 bits per heavy atom. The molecule has 0 spiro atoms. The summed E-state index contributed by atoms with van der Waals surface area (Å²) < 4.78 is 12.0. The van der Waals surface area contributed by atoms with Crippen LogP contribution in [0.25, 0.3) is 0 Å². The number of nitrogens with zero attached hydrogens (tertiary/aromatic N) is 2. The van der Waals surface area contributed by atoms with Crippen LogP contribution in [0.4, 0.5) is 0 Å². The van der Waals surface area contributed by atoms with Gasteiger partial charge in [0.2, 0.25) is 0 Å². The van der Waals surface area contributed by atoms with Crippen molar-refractivity contribution >= 4 is 5.91 Å². The fourth-order valence-electron chi connectivity index (χ4n) is 3.94. The van der Waals surface area contributed by atoms with Gasteiger partial charge in [0.1, 0.15) is 23.9 Å². The summed E-state index contributed by atoms with van der Waals surface area (Å²) in [5.41, 5.74) is 2.50. The van der Waals surface area contributed by atoms with Gasteiger partial charge in [-0.3, -0.25) is 4.79 Å². The van der Waals surface area contributed by atoms with Crippen LogP contribution in [0, 0.1) is 22.7 Å². The molecule has 0 bridgehead atoms. The molecule has 0 atom stereocenters. The summed E-state index contributed by atoms with van der Waals surface area (Å²) in [6.45, 7) is 0.287. The molecule has 1 N–H and O–H groups in total. The number of nitriles is 2. The molecule has 1 fully saturated rings. The summed E-state index contributed by atoms with van der Waals surface area (Å²) in [7, 11) is 0. The van der Waals surface area contributed by atoms with Crippen molar-refractivity contribution in [3.63, 3.8) is 0 Å². The van der Waals surface area contributed by atoms with Gasteiger partial charge in [0, 0.05) is 17.7 Å². The molecule has 1 saturated carbocycles. The number of rotatable bonds is 7. The number of hydrogen-bond acceptors (Lipinski definition) is 5. The van der Waals surface area contributed by atoms with Crippen LogP contribution in [0.5, 0.6) is 17.2 Å². The van der Waals surface area contributed by atoms with Gasteiger partial charge in [0.05, 0.1) is 23.3 Å². The van der Waals surface area contributed by atoms with Gasteiger partial charge in [-0.2, -0.15) is 10.5 Å². The molecule has 34 heavy (non-hydrogen) atoms. The van der Waals surface area contributed by atoms with Crippen molar-refractivity contribution in [2.75, 3.05) is 0 Å². The van der Waals surface area contributed by atoms with Crippen LogP contribution in [0.15, 0.2) is 66.7 Å². The van der Waals surface area contributed by atoms with Crippen molar-refractivity contribution in [3.05, 3.63) is 89.0 Å². The minimum absolute atomic E-state index is 0.152. The van der Waals surface area contributed by atoms with Crippen LogP contribution in [0.3, 0.4) is 0 Å². The fourth-order valence-corrected chi connectivity index (χ4v) is 3.94. The smallest absolute Gasteiger partial charge is 0.251 e. The maximum absolute atomic E-state index is 13.0. The van der Waals surface area contributed by atoms with E-state index in [2.05, 4.69) is 17.5 Å². The number of amides is 1. The van der Waals surface area contributed by atoms with Crippen molar-refractivity contribution in [1.29, 1.82) is 10.5 Å². The van der Waals surface area contributed by atoms with Crippen LogP contribution in [-0.2, 0) is 6.61 Å². The van der Waals surface area contributed by atoms with Crippen molar-refractivity contribution in [2.45, 2.75) is 44.8 Å². The van der Waals surface area contributed by atoms with E-state index >= 15 is 0 Å². The molecule has 0 heterocycles. The number of ether oxygens (including phenoxy) is 2. The highest BCUT2D eigenvalue weighted by Crippen LogP contribution is 2.29. The van der Waals surface area contributed by atoms with E-state index in [1.807, 2.05) is 12.1 Å². The van der Waals surface area contributed by atoms with Crippen LogP contribution < -0.4 is 14.8 Å². The van der Waals surface area contributed by atoms with Gasteiger partial charge in [-0.25, -0.2) is 0 Å². The molecule has 0 aliphatic heterocycles. The molecule has 1 aliphatic rings. The van der Waals surface area contributed by atoms with Gasteiger partial charge in [0.15, 0.2) is 0 Å². The molecule has 6 heteroatoms. The first-order valence-electron chi connectivity index (χ1n) is 11.4. The number of nitrogens with one attached hydrogen (secondary N) is 1. The van der Waals surface area contributed by atoms with Crippen LogP contribution in [0.1, 0.15) is 59.2 Å². The van der Waals surface area contributed by atoms with E-state index in [1.54, 1.807) is 54.6 Å². The molecule has 4 rings (SSSR count). The van der Waals surface area contributed by atoms with E-state index in [9.17, 15) is 4.79 Å². The van der Waals surface area contributed by atoms with E-state index in [0.717, 1.165) is 31.2 Å². The Kier molecular flexibility index (Phi) is 7.42. The molecule has 0 unspecified atom stereocenters. The summed E-state index contributed by atoms with van der Waals surface area (Å²) in [5.74, 6) is 1.38. The highest BCUT2D eigenvalue weighted by molar-refractivity contribution is 5.95. The van der Waals surface area contributed by atoms with Gasteiger partial charge >= 0.3 is 0 Å². The van der Waals surface area contributed by atoms with Crippen LogP contribution in [-0.4, -0.2) is 11.9 Å². The zero-order valence-electron chi connectivity index (χ0n) is 18.8. The fraction of sp³-hybridized carbons (Fsp3) is 0.250. The predicted octanol–water partition coefficient (Wildman–Crippen LogP) is 5.86. The summed E-state index contributed by atoms with van der Waals surface area (Å²) in [5, 5.41) is 21.1. The molecule has 1 amide bonds. The molecular weight excluding hydrogens is 426 g/mol. The third kappa shape index (κ3) is 6.15. The van der Waals surface area contributed by atoms with Crippen LogP contribution in [0.2, 0.25) is 0 Å². The SMILES string of the molecule is N#Cc1ccc(COc2cc(Oc3ccc(C#N)cc3)cc(C(=O)NC3CCCCC3)c2)cc1. The summed E-state index contributed by atoms with van der Waals surface area (Å²) in [6, 6.07) is 23.5. The molecule has 6 nitrogen and oxygen atoms in total. The quantitative estimate of drug-likeness (QED) is 0.485. The van der Waals surface area contributed by atoms with Gasteiger partial charge < -0.3 is 14.8 Å². The molecule has 0 radical (unpaired) electrons. The molecule has 0 aromatic heterocycles. The van der Waals surface area contributed by atoms with Crippen molar-refractivity contribution in [3.8, 4) is 29.4 Å². The lowest BCUT2D eigenvalue weighted by atomic mass is 9.95. The number of benzene rings is 3. The van der Waals surface area contributed by atoms with Crippen molar-refractivity contribution in [2.24, 2.45) is 0 Å². The first-order valence-corrected chi connectivity index (χ1v) is 11.4. The first-order chi connectivity index (χ1) is 16.6. The predicted molar refractivity (Wildman–Crippen MR) is 128 cm³/mol. The highest BCUT2D eigenvalue weighted by atomic mass is 16.5. The normalized spacial score (nSPS) is 13.4. The van der Waals surface area contributed by atoms with E-state index in [1.165, 1.54) is 6.42 Å². The highest BCUT2D eigenvalue weighted by Gasteiger charge is 2.18. The Bertz CT molecular complexity index is 1220. The maximum Gasteiger partial charge on any atom is 0.251 e. The number of carbonyl (C=O) groups excluding carboxylic acids is 1. The monoisotopic (exact) mass is 451 g/mol. The lowest BCUT2D eigenvalue weighted by Crippen LogP contribution is -2.36. The largest absolute Gasteiger partial charge is 0.489 e. The molecule has 3 aromatic carbocycles. The number of hydrogen-bond donors (Lipinski definition) is 1. The van der Waals surface area contributed by atoms with Gasteiger partial charge in [-0.05, 0) is 66.9 Å². The Hall–Kier alpha value is -4.29. The molecular formula is C28H25N3O3. The summed E-state index contributed by atoms with van der Waals surface area (Å²) in [6.07, 6.45) is 5.47. The second kappa shape index (κ2) is 11.0. The molecule has 1 aliphatic carbocycles. The van der Waals surface area contributed by atoms with Crippen LogP contribution >= 0.6 is 0 Å². The first kappa shape index (κ1) is 22.9. The molecule has 3 aromatic rings. The van der Waals surface area contributed by atoms with Crippen molar-refractivity contribution in [1.82, 2.24) is 5.32 Å². The molecule has 0 saturated heterocycles. The van der Waals surface area contributed by atoms with Gasteiger partial charge in [-0.15, -0.1) is 0 Å². The van der Waals surface area contributed by atoms with E-state index in [-0.39, 0.29) is 18.6 Å².